The van der Waals surface area contributed by atoms with E-state index >= 15 is 0 Å². The smallest absolute Gasteiger partial charge is 0.271 e. The molecule has 1 fully saturated rings. The summed E-state index contributed by atoms with van der Waals surface area (Å²) in [5, 5.41) is 10.6. The van der Waals surface area contributed by atoms with Crippen LogP contribution in [-0.2, 0) is 14.6 Å². The van der Waals surface area contributed by atoms with Crippen LogP contribution in [0.25, 0.3) is 0 Å². The van der Waals surface area contributed by atoms with Crippen molar-refractivity contribution in [2.75, 3.05) is 25.2 Å². The topological polar surface area (TPSA) is 107 Å². The van der Waals surface area contributed by atoms with Gasteiger partial charge in [-0.3, -0.25) is 14.9 Å². The lowest BCUT2D eigenvalue weighted by molar-refractivity contribution is -0.384. The van der Waals surface area contributed by atoms with Gasteiger partial charge in [0.05, 0.1) is 21.5 Å². The first-order valence-corrected chi connectivity index (χ1v) is 8.92. The number of nitro groups is 1. The fourth-order valence-corrected chi connectivity index (χ4v) is 4.25. The van der Waals surface area contributed by atoms with Gasteiger partial charge in [0.15, 0.2) is 16.4 Å². The quantitative estimate of drug-likeness (QED) is 0.576. The van der Waals surface area contributed by atoms with Crippen LogP contribution in [0.3, 0.4) is 0 Å². The third-order valence-corrected chi connectivity index (χ3v) is 5.67. The number of halogens is 1. The van der Waals surface area contributed by atoms with E-state index < -0.39 is 14.8 Å². The first kappa shape index (κ1) is 17.5. The lowest BCUT2D eigenvalue weighted by Gasteiger charge is -2.23. The summed E-state index contributed by atoms with van der Waals surface area (Å²) in [6.07, 6.45) is 0.406. The Morgan fingerprint density at radius 2 is 2.22 bits per heavy atom. The van der Waals surface area contributed by atoms with Gasteiger partial charge in [0, 0.05) is 25.2 Å². The van der Waals surface area contributed by atoms with Gasteiger partial charge in [-0.1, -0.05) is 11.6 Å². The number of rotatable bonds is 5. The molecule has 0 unspecified atom stereocenters. The number of hydrogen-bond acceptors (Lipinski definition) is 6. The molecule has 1 aliphatic rings. The zero-order valence-electron chi connectivity index (χ0n) is 12.3. The second-order valence-corrected chi connectivity index (χ2v) is 7.86. The number of amides is 1. The van der Waals surface area contributed by atoms with Crippen molar-refractivity contribution in [1.29, 1.82) is 0 Å². The summed E-state index contributed by atoms with van der Waals surface area (Å²) >= 11 is 5.87. The van der Waals surface area contributed by atoms with E-state index in [1.165, 1.54) is 24.1 Å². The molecule has 23 heavy (non-hydrogen) atoms. The van der Waals surface area contributed by atoms with Gasteiger partial charge in [-0.15, -0.1) is 0 Å². The number of nitro benzene ring substituents is 1. The van der Waals surface area contributed by atoms with E-state index in [1.54, 1.807) is 0 Å². The van der Waals surface area contributed by atoms with Crippen LogP contribution in [0, 0.1) is 10.1 Å². The summed E-state index contributed by atoms with van der Waals surface area (Å²) in [5.41, 5.74) is -0.179. The number of carbonyl (C=O) groups excluding carboxylic acids is 1. The SMILES string of the molecule is CN(C(=O)COc1ccc([N+](=O)[O-])cc1Cl)[C@H]1CCS(=O)(=O)C1. The van der Waals surface area contributed by atoms with Crippen molar-refractivity contribution < 1.29 is 22.9 Å². The Balaban J connectivity index is 1.95. The van der Waals surface area contributed by atoms with Gasteiger partial charge in [0.1, 0.15) is 5.75 Å². The maximum atomic E-state index is 12.1. The van der Waals surface area contributed by atoms with Gasteiger partial charge in [-0.2, -0.15) is 0 Å². The molecule has 0 spiro atoms. The van der Waals surface area contributed by atoms with Gasteiger partial charge in [-0.25, -0.2) is 8.42 Å². The number of likely N-dealkylation sites (N-methyl/N-ethyl adjacent to an activating group) is 1. The highest BCUT2D eigenvalue weighted by molar-refractivity contribution is 7.91. The minimum atomic E-state index is -3.08. The Kier molecular flexibility index (Phi) is 5.10. The van der Waals surface area contributed by atoms with Crippen LogP contribution >= 0.6 is 11.6 Å². The zero-order valence-corrected chi connectivity index (χ0v) is 13.8. The fraction of sp³-hybridized carbons (Fsp3) is 0.462. The van der Waals surface area contributed by atoms with Crippen molar-refractivity contribution >= 4 is 33.0 Å². The van der Waals surface area contributed by atoms with Crippen molar-refractivity contribution in [1.82, 2.24) is 4.90 Å². The van der Waals surface area contributed by atoms with Crippen LogP contribution < -0.4 is 4.74 Å². The minimum Gasteiger partial charge on any atom is -0.482 e. The van der Waals surface area contributed by atoms with Crippen molar-refractivity contribution in [2.24, 2.45) is 0 Å². The van der Waals surface area contributed by atoms with Crippen LogP contribution in [-0.4, -0.2) is 55.4 Å². The zero-order chi connectivity index (χ0) is 17.2. The highest BCUT2D eigenvalue weighted by atomic mass is 35.5. The molecule has 0 bridgehead atoms. The van der Waals surface area contributed by atoms with Crippen LogP contribution in [0.1, 0.15) is 6.42 Å². The summed E-state index contributed by atoms with van der Waals surface area (Å²) in [6, 6.07) is 3.31. The van der Waals surface area contributed by atoms with Gasteiger partial charge in [0.25, 0.3) is 11.6 Å². The van der Waals surface area contributed by atoms with Crippen LogP contribution in [0.4, 0.5) is 5.69 Å². The Morgan fingerprint density at radius 1 is 1.52 bits per heavy atom. The molecule has 0 radical (unpaired) electrons. The highest BCUT2D eigenvalue weighted by Crippen LogP contribution is 2.28. The third-order valence-electron chi connectivity index (χ3n) is 3.63. The molecule has 2 rings (SSSR count). The van der Waals surface area contributed by atoms with E-state index in [2.05, 4.69) is 0 Å². The lowest BCUT2D eigenvalue weighted by Crippen LogP contribution is -2.40. The molecule has 0 aromatic heterocycles. The largest absolute Gasteiger partial charge is 0.482 e. The normalized spacial score (nSPS) is 19.3. The molecule has 8 nitrogen and oxygen atoms in total. The molecule has 1 aromatic carbocycles. The number of non-ortho nitro benzene ring substituents is 1. The average Bonchev–Trinajstić information content (AvgIpc) is 2.84. The van der Waals surface area contributed by atoms with Crippen LogP contribution in [0.15, 0.2) is 18.2 Å². The molecule has 126 valence electrons. The van der Waals surface area contributed by atoms with E-state index in [1.807, 2.05) is 0 Å². The minimum absolute atomic E-state index is 0.0260. The Bertz CT molecular complexity index is 736. The van der Waals surface area contributed by atoms with Crippen molar-refractivity contribution in [3.63, 3.8) is 0 Å². The molecule has 1 saturated heterocycles. The van der Waals surface area contributed by atoms with E-state index in [0.717, 1.165) is 6.07 Å². The monoisotopic (exact) mass is 362 g/mol. The maximum Gasteiger partial charge on any atom is 0.271 e. The molecule has 0 aliphatic carbocycles. The number of ether oxygens (including phenoxy) is 1. The average molecular weight is 363 g/mol. The molecule has 0 saturated carbocycles. The number of nitrogens with zero attached hydrogens (tertiary/aromatic N) is 2. The number of sulfone groups is 1. The number of carbonyl (C=O) groups is 1. The summed E-state index contributed by atoms with van der Waals surface area (Å²) < 4.78 is 28.1. The molecule has 1 amide bonds. The number of hydrogen-bond donors (Lipinski definition) is 0. The van der Waals surface area contributed by atoms with Gasteiger partial charge in [0.2, 0.25) is 0 Å². The summed E-state index contributed by atoms with van der Waals surface area (Å²) in [7, 11) is -1.56. The van der Waals surface area contributed by atoms with Crippen molar-refractivity contribution in [2.45, 2.75) is 12.5 Å². The molecule has 1 aromatic rings. The van der Waals surface area contributed by atoms with Crippen LogP contribution in [0.2, 0.25) is 5.02 Å². The lowest BCUT2D eigenvalue weighted by atomic mass is 10.2. The third kappa shape index (κ3) is 4.32. The Labute approximate surface area is 138 Å². The van der Waals surface area contributed by atoms with E-state index in [9.17, 15) is 23.3 Å². The van der Waals surface area contributed by atoms with Crippen LogP contribution in [0.5, 0.6) is 5.75 Å². The fourth-order valence-electron chi connectivity index (χ4n) is 2.25. The molecule has 0 N–H and O–H groups in total. The molecule has 10 heteroatoms. The highest BCUT2D eigenvalue weighted by Gasteiger charge is 2.32. The second kappa shape index (κ2) is 6.71. The van der Waals surface area contributed by atoms with E-state index in [4.69, 9.17) is 16.3 Å². The van der Waals surface area contributed by atoms with Crippen molar-refractivity contribution in [3.05, 3.63) is 33.3 Å². The molecular formula is C13H15ClN2O6S. The predicted molar refractivity (Wildman–Crippen MR) is 83.4 cm³/mol. The molecular weight excluding hydrogens is 348 g/mol. The predicted octanol–water partition coefficient (Wildman–Crippen LogP) is 1.27. The first-order valence-electron chi connectivity index (χ1n) is 6.72. The summed E-state index contributed by atoms with van der Waals surface area (Å²) in [6.45, 7) is -0.329. The standard InChI is InChI=1S/C13H15ClN2O6S/c1-15(10-4-5-23(20,21)8-10)13(17)7-22-12-3-2-9(16(18)19)6-11(12)14/h2-3,6,10H,4-5,7-8H2,1H3/t10-/m0/s1. The molecule has 1 aliphatic heterocycles. The van der Waals surface area contributed by atoms with Gasteiger partial charge >= 0.3 is 0 Å². The number of benzene rings is 1. The van der Waals surface area contributed by atoms with Gasteiger partial charge < -0.3 is 9.64 Å². The molecule has 1 atom stereocenters. The summed E-state index contributed by atoms with van der Waals surface area (Å²) in [5.74, 6) is -0.211. The maximum absolute atomic E-state index is 12.1. The summed E-state index contributed by atoms with van der Waals surface area (Å²) in [4.78, 5) is 23.4. The van der Waals surface area contributed by atoms with Crippen molar-refractivity contribution in [3.8, 4) is 5.75 Å². The second-order valence-electron chi connectivity index (χ2n) is 5.22. The Hall–Kier alpha value is -1.87. The van der Waals surface area contributed by atoms with E-state index in [0.29, 0.717) is 6.42 Å². The first-order chi connectivity index (χ1) is 10.7. The van der Waals surface area contributed by atoms with E-state index in [-0.39, 0.29) is 46.5 Å². The molecule has 1 heterocycles. The Morgan fingerprint density at radius 3 is 2.74 bits per heavy atom. The van der Waals surface area contributed by atoms with Gasteiger partial charge in [-0.05, 0) is 12.5 Å².